The lowest BCUT2D eigenvalue weighted by Gasteiger charge is -2.21. The summed E-state index contributed by atoms with van der Waals surface area (Å²) in [5.74, 6) is 0.355. The van der Waals surface area contributed by atoms with Gasteiger partial charge in [-0.05, 0) is 36.8 Å². The van der Waals surface area contributed by atoms with Crippen molar-refractivity contribution < 1.29 is 19.1 Å². The van der Waals surface area contributed by atoms with E-state index >= 15 is 0 Å². The van der Waals surface area contributed by atoms with E-state index in [0.29, 0.717) is 17.6 Å². The van der Waals surface area contributed by atoms with Gasteiger partial charge in [-0.25, -0.2) is 9.59 Å². The van der Waals surface area contributed by atoms with E-state index in [-0.39, 0.29) is 24.4 Å². The molecule has 0 spiro atoms. The molecule has 0 saturated heterocycles. The van der Waals surface area contributed by atoms with Crippen LogP contribution >= 0.6 is 0 Å². The molecule has 1 aliphatic rings. The molecule has 116 valence electrons. The van der Waals surface area contributed by atoms with Crippen LogP contribution in [-0.4, -0.2) is 23.1 Å². The summed E-state index contributed by atoms with van der Waals surface area (Å²) in [6.07, 6.45) is 3.31. The van der Waals surface area contributed by atoms with E-state index in [1.165, 1.54) is 6.07 Å². The molecule has 1 fully saturated rings. The minimum atomic E-state index is -1.11. The van der Waals surface area contributed by atoms with Crippen molar-refractivity contribution in [1.82, 2.24) is 10.6 Å². The van der Waals surface area contributed by atoms with E-state index in [9.17, 15) is 9.59 Å². The number of rotatable bonds is 5. The number of urea groups is 1. The third kappa shape index (κ3) is 3.77. The van der Waals surface area contributed by atoms with Crippen LogP contribution in [0.2, 0.25) is 0 Å². The summed E-state index contributed by atoms with van der Waals surface area (Å²) in [4.78, 5) is 22.6. The Balaban J connectivity index is 1.78. The van der Waals surface area contributed by atoms with Gasteiger partial charge in [-0.2, -0.15) is 0 Å². The van der Waals surface area contributed by atoms with Crippen LogP contribution in [0, 0.1) is 11.8 Å². The smallest absolute Gasteiger partial charge is 0.371 e. The van der Waals surface area contributed by atoms with Crippen molar-refractivity contribution in [3.8, 4) is 0 Å². The van der Waals surface area contributed by atoms with Crippen molar-refractivity contribution in [2.75, 3.05) is 0 Å². The number of aromatic carboxylic acids is 1. The van der Waals surface area contributed by atoms with E-state index in [4.69, 9.17) is 9.52 Å². The molecule has 0 radical (unpaired) electrons. The molecule has 3 atom stereocenters. The molecule has 3 N–H and O–H groups in total. The first-order valence-electron chi connectivity index (χ1n) is 7.37. The summed E-state index contributed by atoms with van der Waals surface area (Å²) in [7, 11) is 0. The number of nitrogens with one attached hydrogen (secondary N) is 2. The van der Waals surface area contributed by atoms with Crippen LogP contribution < -0.4 is 10.6 Å². The first kappa shape index (κ1) is 15.4. The van der Waals surface area contributed by atoms with E-state index in [2.05, 4.69) is 24.5 Å². The Morgan fingerprint density at radius 2 is 2.14 bits per heavy atom. The van der Waals surface area contributed by atoms with E-state index in [1.54, 1.807) is 6.07 Å². The van der Waals surface area contributed by atoms with Gasteiger partial charge >= 0.3 is 12.0 Å². The normalized spacial score (nSPS) is 24.8. The van der Waals surface area contributed by atoms with Gasteiger partial charge in [0.05, 0.1) is 6.54 Å². The highest BCUT2D eigenvalue weighted by molar-refractivity contribution is 5.84. The maximum absolute atomic E-state index is 11.9. The van der Waals surface area contributed by atoms with Crippen LogP contribution in [0.25, 0.3) is 0 Å². The lowest BCUT2D eigenvalue weighted by Crippen LogP contribution is -2.43. The van der Waals surface area contributed by atoms with Gasteiger partial charge in [-0.3, -0.25) is 0 Å². The van der Waals surface area contributed by atoms with Gasteiger partial charge in [0.25, 0.3) is 0 Å². The highest BCUT2D eigenvalue weighted by atomic mass is 16.4. The second-order valence-electron chi connectivity index (χ2n) is 5.61. The molecule has 0 bridgehead atoms. The SMILES string of the molecule is CCC1CCC(NC(=O)NCc2ccc(C(=O)O)o2)C1C. The molecule has 1 heterocycles. The molecule has 2 amide bonds. The van der Waals surface area contributed by atoms with Gasteiger partial charge in [0, 0.05) is 6.04 Å². The fourth-order valence-electron chi connectivity index (χ4n) is 3.00. The van der Waals surface area contributed by atoms with E-state index < -0.39 is 5.97 Å². The zero-order chi connectivity index (χ0) is 15.4. The summed E-state index contributed by atoms with van der Waals surface area (Å²) in [6, 6.07) is 2.90. The molecule has 0 aromatic carbocycles. The summed E-state index contributed by atoms with van der Waals surface area (Å²) in [6.45, 7) is 4.54. The molecule has 1 aromatic rings. The van der Waals surface area contributed by atoms with Crippen molar-refractivity contribution in [2.24, 2.45) is 11.8 Å². The summed E-state index contributed by atoms with van der Waals surface area (Å²) in [5, 5.41) is 14.4. The van der Waals surface area contributed by atoms with Crippen LogP contribution in [0.15, 0.2) is 16.5 Å². The van der Waals surface area contributed by atoms with E-state index in [0.717, 1.165) is 19.3 Å². The number of carbonyl (C=O) groups excluding carboxylic acids is 1. The molecular formula is C15H22N2O4. The number of carbonyl (C=O) groups is 2. The third-order valence-electron chi connectivity index (χ3n) is 4.36. The fraction of sp³-hybridized carbons (Fsp3) is 0.600. The molecule has 1 aliphatic carbocycles. The van der Waals surface area contributed by atoms with Crippen LogP contribution in [0.1, 0.15) is 49.4 Å². The fourth-order valence-corrected chi connectivity index (χ4v) is 3.00. The Bertz CT molecular complexity index is 512. The Kier molecular flexibility index (Phi) is 4.88. The average Bonchev–Trinajstić information content (AvgIpc) is 3.05. The Labute approximate surface area is 123 Å². The standard InChI is InChI=1S/C15H22N2O4/c1-3-10-4-6-12(9(10)2)17-15(20)16-8-11-5-7-13(21-11)14(18)19/h5,7,9-10,12H,3-4,6,8H2,1-2H3,(H,18,19)(H2,16,17,20). The monoisotopic (exact) mass is 294 g/mol. The van der Waals surface area contributed by atoms with Gasteiger partial charge < -0.3 is 20.2 Å². The van der Waals surface area contributed by atoms with Crippen molar-refractivity contribution in [3.63, 3.8) is 0 Å². The van der Waals surface area contributed by atoms with Gasteiger partial charge in [-0.1, -0.05) is 20.3 Å². The zero-order valence-corrected chi connectivity index (χ0v) is 12.4. The lowest BCUT2D eigenvalue weighted by molar-refractivity contribution is 0.0660. The summed E-state index contributed by atoms with van der Waals surface area (Å²) >= 11 is 0. The molecule has 1 saturated carbocycles. The second-order valence-corrected chi connectivity index (χ2v) is 5.61. The van der Waals surface area contributed by atoms with Gasteiger partial charge in [0.15, 0.2) is 0 Å². The van der Waals surface area contributed by atoms with Gasteiger partial charge in [0.2, 0.25) is 5.76 Å². The Morgan fingerprint density at radius 3 is 2.71 bits per heavy atom. The first-order chi connectivity index (χ1) is 10.0. The predicted molar refractivity (Wildman–Crippen MR) is 77.0 cm³/mol. The number of hydrogen-bond donors (Lipinski definition) is 3. The Morgan fingerprint density at radius 1 is 1.38 bits per heavy atom. The molecule has 21 heavy (non-hydrogen) atoms. The van der Waals surface area contributed by atoms with E-state index in [1.807, 2.05) is 0 Å². The molecule has 2 rings (SSSR count). The van der Waals surface area contributed by atoms with Crippen LogP contribution in [0.5, 0.6) is 0 Å². The number of hydrogen-bond acceptors (Lipinski definition) is 3. The minimum absolute atomic E-state index is 0.123. The molecule has 1 aromatic heterocycles. The predicted octanol–water partition coefficient (Wildman–Crippen LogP) is 2.60. The largest absolute Gasteiger partial charge is 0.475 e. The maximum atomic E-state index is 11.9. The van der Waals surface area contributed by atoms with Gasteiger partial charge in [0.1, 0.15) is 5.76 Å². The number of carboxylic acid groups (broad SMARTS) is 1. The topological polar surface area (TPSA) is 91.6 Å². The second kappa shape index (κ2) is 6.65. The van der Waals surface area contributed by atoms with Crippen molar-refractivity contribution in [3.05, 3.63) is 23.7 Å². The highest BCUT2D eigenvalue weighted by Crippen LogP contribution is 2.33. The molecule has 6 heteroatoms. The van der Waals surface area contributed by atoms with Crippen LogP contribution in [-0.2, 0) is 6.54 Å². The van der Waals surface area contributed by atoms with Crippen molar-refractivity contribution in [2.45, 2.75) is 45.7 Å². The average molecular weight is 294 g/mol. The number of carboxylic acids is 1. The molecular weight excluding hydrogens is 272 g/mol. The summed E-state index contributed by atoms with van der Waals surface area (Å²) < 4.78 is 5.08. The number of furan rings is 1. The van der Waals surface area contributed by atoms with Crippen molar-refractivity contribution in [1.29, 1.82) is 0 Å². The minimum Gasteiger partial charge on any atom is -0.475 e. The Hall–Kier alpha value is -1.98. The number of amides is 2. The summed E-state index contributed by atoms with van der Waals surface area (Å²) in [5.41, 5.74) is 0. The quantitative estimate of drug-likeness (QED) is 0.778. The molecule has 3 unspecified atom stereocenters. The first-order valence-corrected chi connectivity index (χ1v) is 7.37. The van der Waals surface area contributed by atoms with Crippen LogP contribution in [0.4, 0.5) is 4.79 Å². The highest BCUT2D eigenvalue weighted by Gasteiger charge is 2.32. The third-order valence-corrected chi connectivity index (χ3v) is 4.36. The maximum Gasteiger partial charge on any atom is 0.371 e. The molecule has 6 nitrogen and oxygen atoms in total. The van der Waals surface area contributed by atoms with Crippen LogP contribution in [0.3, 0.4) is 0 Å². The van der Waals surface area contributed by atoms with Gasteiger partial charge in [-0.15, -0.1) is 0 Å². The lowest BCUT2D eigenvalue weighted by atomic mass is 9.94. The zero-order valence-electron chi connectivity index (χ0n) is 12.4. The molecule has 0 aliphatic heterocycles. The van der Waals surface area contributed by atoms with Crippen molar-refractivity contribution >= 4 is 12.0 Å².